The number of amides is 1. The third kappa shape index (κ3) is 4.87. The predicted molar refractivity (Wildman–Crippen MR) is 79.9 cm³/mol. The normalized spacial score (nSPS) is 12.7. The van der Waals surface area contributed by atoms with Crippen LogP contribution in [0.1, 0.15) is 19.4 Å². The molecule has 0 heterocycles. The molecular weight excluding hydrogens is 301 g/mol. The first-order valence-electron chi connectivity index (χ1n) is 5.97. The van der Waals surface area contributed by atoms with E-state index in [-0.39, 0.29) is 5.92 Å². The van der Waals surface area contributed by atoms with E-state index in [2.05, 4.69) is 5.32 Å². The minimum atomic E-state index is -1.07. The Kier molecular flexibility index (Phi) is 6.05. The summed E-state index contributed by atoms with van der Waals surface area (Å²) in [4.78, 5) is 22.7. The zero-order chi connectivity index (χ0) is 15.3. The van der Waals surface area contributed by atoms with Crippen molar-refractivity contribution in [2.75, 3.05) is 0 Å². The molecule has 2 N–H and O–H groups in total. The Morgan fingerprint density at radius 2 is 1.95 bits per heavy atom. The first kappa shape index (κ1) is 16.5. The maximum atomic E-state index is 11.7. The lowest BCUT2D eigenvalue weighted by molar-refractivity contribution is -0.142. The quantitative estimate of drug-likeness (QED) is 0.820. The van der Waals surface area contributed by atoms with Gasteiger partial charge >= 0.3 is 5.97 Å². The van der Waals surface area contributed by atoms with Gasteiger partial charge < -0.3 is 10.4 Å². The molecule has 0 aliphatic rings. The summed E-state index contributed by atoms with van der Waals surface area (Å²) in [6.45, 7) is 3.44. The van der Waals surface area contributed by atoms with Crippen molar-refractivity contribution in [2.45, 2.75) is 19.9 Å². The van der Waals surface area contributed by atoms with Crippen molar-refractivity contribution in [3.8, 4) is 0 Å². The molecule has 1 aromatic rings. The van der Waals surface area contributed by atoms with Gasteiger partial charge in [0.2, 0.25) is 5.91 Å². The van der Waals surface area contributed by atoms with Gasteiger partial charge in [0.15, 0.2) is 0 Å². The molecule has 0 bridgehead atoms. The highest BCUT2D eigenvalue weighted by Crippen LogP contribution is 2.21. The van der Waals surface area contributed by atoms with Crippen molar-refractivity contribution in [2.24, 2.45) is 5.92 Å². The van der Waals surface area contributed by atoms with Crippen LogP contribution in [0.3, 0.4) is 0 Å². The Labute approximate surface area is 127 Å². The van der Waals surface area contributed by atoms with E-state index in [4.69, 9.17) is 28.3 Å². The van der Waals surface area contributed by atoms with E-state index in [1.54, 1.807) is 32.0 Å². The SMILES string of the molecule is CC(C)[C@@H](NC(=O)C=Cc1cc(Cl)ccc1Cl)C(=O)O. The van der Waals surface area contributed by atoms with Gasteiger partial charge in [-0.1, -0.05) is 37.0 Å². The number of benzene rings is 1. The first-order chi connectivity index (χ1) is 9.31. The Morgan fingerprint density at radius 3 is 2.50 bits per heavy atom. The van der Waals surface area contributed by atoms with E-state index in [0.29, 0.717) is 15.6 Å². The van der Waals surface area contributed by atoms with Crippen LogP contribution in [0.2, 0.25) is 10.0 Å². The average molecular weight is 316 g/mol. The molecule has 1 aromatic carbocycles. The number of carbonyl (C=O) groups is 2. The van der Waals surface area contributed by atoms with Crippen LogP contribution >= 0.6 is 23.2 Å². The lowest BCUT2D eigenvalue weighted by Gasteiger charge is -2.16. The molecule has 0 fully saturated rings. The number of carboxylic acids is 1. The molecule has 1 amide bonds. The van der Waals surface area contributed by atoms with Crippen LogP contribution in [0.4, 0.5) is 0 Å². The average Bonchev–Trinajstić information content (AvgIpc) is 2.36. The van der Waals surface area contributed by atoms with Crippen LogP contribution in [0, 0.1) is 5.92 Å². The second-order valence-electron chi connectivity index (χ2n) is 4.57. The summed E-state index contributed by atoms with van der Waals surface area (Å²) in [5.41, 5.74) is 0.589. The van der Waals surface area contributed by atoms with Crippen molar-refractivity contribution < 1.29 is 14.7 Å². The van der Waals surface area contributed by atoms with Crippen molar-refractivity contribution in [3.63, 3.8) is 0 Å². The van der Waals surface area contributed by atoms with E-state index in [0.717, 1.165) is 0 Å². The minimum absolute atomic E-state index is 0.209. The highest BCUT2D eigenvalue weighted by Gasteiger charge is 2.22. The second kappa shape index (κ2) is 7.31. The number of carbonyl (C=O) groups excluding carboxylic acids is 1. The van der Waals surface area contributed by atoms with E-state index < -0.39 is 17.9 Å². The summed E-state index contributed by atoms with van der Waals surface area (Å²) in [7, 11) is 0. The number of rotatable bonds is 5. The molecule has 0 radical (unpaired) electrons. The zero-order valence-electron chi connectivity index (χ0n) is 11.1. The topological polar surface area (TPSA) is 66.4 Å². The van der Waals surface area contributed by atoms with E-state index >= 15 is 0 Å². The summed E-state index contributed by atoms with van der Waals surface area (Å²) in [6, 6.07) is 3.95. The standard InChI is InChI=1S/C14H15Cl2NO3/c1-8(2)13(14(19)20)17-12(18)6-3-9-7-10(15)4-5-11(9)16/h3-8,13H,1-2H3,(H,17,18)(H,19,20)/t13-/m1/s1. The third-order valence-corrected chi connectivity index (χ3v) is 3.18. The van der Waals surface area contributed by atoms with Gasteiger partial charge in [-0.3, -0.25) is 4.79 Å². The maximum Gasteiger partial charge on any atom is 0.326 e. The molecule has 0 saturated heterocycles. The van der Waals surface area contributed by atoms with Crippen molar-refractivity contribution >= 4 is 41.2 Å². The summed E-state index contributed by atoms with van der Waals surface area (Å²) in [6.07, 6.45) is 2.72. The van der Waals surface area contributed by atoms with Gasteiger partial charge in [0, 0.05) is 16.1 Å². The monoisotopic (exact) mass is 315 g/mol. The molecule has 0 aliphatic heterocycles. The molecule has 1 rings (SSSR count). The fraction of sp³-hybridized carbons (Fsp3) is 0.286. The van der Waals surface area contributed by atoms with Crippen molar-refractivity contribution in [1.29, 1.82) is 0 Å². The lowest BCUT2D eigenvalue weighted by Crippen LogP contribution is -2.43. The van der Waals surface area contributed by atoms with E-state index in [1.165, 1.54) is 12.2 Å². The van der Waals surface area contributed by atoms with Gasteiger partial charge in [0.1, 0.15) is 6.04 Å². The van der Waals surface area contributed by atoms with Gasteiger partial charge in [-0.05, 0) is 35.8 Å². The van der Waals surface area contributed by atoms with Gasteiger partial charge in [0.05, 0.1) is 0 Å². The van der Waals surface area contributed by atoms with Gasteiger partial charge in [-0.2, -0.15) is 0 Å². The highest BCUT2D eigenvalue weighted by atomic mass is 35.5. The van der Waals surface area contributed by atoms with Crippen molar-refractivity contribution in [3.05, 3.63) is 39.9 Å². The van der Waals surface area contributed by atoms with Crippen LogP contribution in [-0.2, 0) is 9.59 Å². The van der Waals surface area contributed by atoms with Crippen LogP contribution in [0.15, 0.2) is 24.3 Å². The molecule has 108 valence electrons. The fourth-order valence-corrected chi connectivity index (χ4v) is 1.88. The number of hydrogen-bond donors (Lipinski definition) is 2. The third-order valence-electron chi connectivity index (χ3n) is 2.60. The van der Waals surface area contributed by atoms with Gasteiger partial charge in [-0.25, -0.2) is 4.79 Å². The number of aliphatic carboxylic acids is 1. The molecule has 0 saturated carbocycles. The van der Waals surface area contributed by atoms with Gasteiger partial charge in [-0.15, -0.1) is 0 Å². The van der Waals surface area contributed by atoms with E-state index in [1.807, 2.05) is 0 Å². The molecule has 4 nitrogen and oxygen atoms in total. The van der Waals surface area contributed by atoms with Gasteiger partial charge in [0.25, 0.3) is 0 Å². The minimum Gasteiger partial charge on any atom is -0.480 e. The number of halogens is 2. The largest absolute Gasteiger partial charge is 0.480 e. The Morgan fingerprint density at radius 1 is 1.30 bits per heavy atom. The zero-order valence-corrected chi connectivity index (χ0v) is 12.6. The summed E-state index contributed by atoms with van der Waals surface area (Å²) >= 11 is 11.8. The molecule has 6 heteroatoms. The van der Waals surface area contributed by atoms with Crippen molar-refractivity contribution in [1.82, 2.24) is 5.32 Å². The molecule has 0 unspecified atom stereocenters. The lowest BCUT2D eigenvalue weighted by atomic mass is 10.0. The number of hydrogen-bond acceptors (Lipinski definition) is 2. The molecule has 20 heavy (non-hydrogen) atoms. The van der Waals surface area contributed by atoms with E-state index in [9.17, 15) is 9.59 Å². The Hall–Kier alpha value is -1.52. The summed E-state index contributed by atoms with van der Waals surface area (Å²) < 4.78 is 0. The molecule has 1 atom stereocenters. The number of nitrogens with one attached hydrogen (secondary N) is 1. The maximum absolute atomic E-state index is 11.7. The Balaban J connectivity index is 2.77. The summed E-state index contributed by atoms with van der Waals surface area (Å²) in [5, 5.41) is 12.4. The van der Waals surface area contributed by atoms with Crippen LogP contribution in [0.25, 0.3) is 6.08 Å². The fourth-order valence-electron chi connectivity index (χ4n) is 1.52. The molecular formula is C14H15Cl2NO3. The smallest absolute Gasteiger partial charge is 0.326 e. The second-order valence-corrected chi connectivity index (χ2v) is 5.41. The van der Waals surface area contributed by atoms with Crippen LogP contribution in [-0.4, -0.2) is 23.0 Å². The first-order valence-corrected chi connectivity index (χ1v) is 6.73. The number of carboxylic acid groups (broad SMARTS) is 1. The van der Waals surface area contributed by atoms with Crippen LogP contribution < -0.4 is 5.32 Å². The molecule has 0 aromatic heterocycles. The highest BCUT2D eigenvalue weighted by molar-refractivity contribution is 6.34. The predicted octanol–water partition coefficient (Wildman–Crippen LogP) is 3.23. The molecule has 0 aliphatic carbocycles. The van der Waals surface area contributed by atoms with Crippen LogP contribution in [0.5, 0.6) is 0 Å². The Bertz CT molecular complexity index is 541. The molecule has 0 spiro atoms. The summed E-state index contributed by atoms with van der Waals surface area (Å²) in [5.74, 6) is -1.77.